The normalized spacial score (nSPS) is 13.5. The van der Waals surface area contributed by atoms with Crippen molar-refractivity contribution in [3.8, 4) is 0 Å². The average Bonchev–Trinajstić information content (AvgIpc) is 2.80. The molecule has 1 aliphatic heterocycles. The molecule has 2 aromatic carbocycles. The molecule has 1 aliphatic rings. The second-order valence-corrected chi connectivity index (χ2v) is 6.51. The number of hydrogen-bond acceptors (Lipinski definition) is 4. The number of amides is 2. The van der Waals surface area contributed by atoms with Gasteiger partial charge in [-0.3, -0.25) is 24.2 Å². The zero-order valence-electron chi connectivity index (χ0n) is 12.4. The lowest BCUT2D eigenvalue weighted by molar-refractivity contribution is 0.0879. The molecule has 0 atom stereocenters. The number of aryl methyl sites for hydroxylation is 1. The monoisotopic (exact) mass is 346 g/mol. The third-order valence-electron chi connectivity index (χ3n) is 3.76. The van der Waals surface area contributed by atoms with Gasteiger partial charge in [0.25, 0.3) is 11.8 Å². The molecular formula is C16H14N2O5S. The van der Waals surface area contributed by atoms with Crippen molar-refractivity contribution in [3.05, 3.63) is 64.7 Å². The molecular weight excluding hydrogens is 332 g/mol. The van der Waals surface area contributed by atoms with Crippen molar-refractivity contribution < 1.29 is 22.6 Å². The summed E-state index contributed by atoms with van der Waals surface area (Å²) in [6.07, 6.45) is 0.866. The van der Waals surface area contributed by atoms with Gasteiger partial charge in [0.15, 0.2) is 0 Å². The van der Waals surface area contributed by atoms with Crippen LogP contribution in [0, 0.1) is 0 Å². The summed E-state index contributed by atoms with van der Waals surface area (Å²) in [7, 11) is -4.50. The minimum Gasteiger partial charge on any atom is -0.288 e. The summed E-state index contributed by atoms with van der Waals surface area (Å²) in [5, 5.41) is 2.19. The highest BCUT2D eigenvalue weighted by Crippen LogP contribution is 2.29. The first-order chi connectivity index (χ1) is 11.3. The molecule has 3 N–H and O–H groups in total. The highest BCUT2D eigenvalue weighted by Gasteiger charge is 2.31. The Hall–Kier alpha value is -2.71. The van der Waals surface area contributed by atoms with E-state index in [-0.39, 0.29) is 16.8 Å². The van der Waals surface area contributed by atoms with Gasteiger partial charge in [-0.2, -0.15) is 8.42 Å². The zero-order chi connectivity index (χ0) is 17.3. The predicted octanol–water partition coefficient (Wildman–Crippen LogP) is 1.57. The summed E-state index contributed by atoms with van der Waals surface area (Å²) >= 11 is 0. The number of anilines is 1. The second-order valence-electron chi connectivity index (χ2n) is 5.36. The average molecular weight is 346 g/mol. The van der Waals surface area contributed by atoms with E-state index in [2.05, 4.69) is 5.32 Å². The Morgan fingerprint density at radius 1 is 0.958 bits per heavy atom. The molecule has 0 aromatic heterocycles. The molecule has 124 valence electrons. The summed E-state index contributed by atoms with van der Waals surface area (Å²) in [6, 6.07) is 12.2. The molecule has 2 aromatic rings. The number of rotatable bonds is 5. The van der Waals surface area contributed by atoms with E-state index in [9.17, 15) is 18.0 Å². The quantitative estimate of drug-likeness (QED) is 0.562. The van der Waals surface area contributed by atoms with Crippen LogP contribution in [0.25, 0.3) is 0 Å². The number of fused-ring (bicyclic) bond motifs is 1. The van der Waals surface area contributed by atoms with E-state index in [1.807, 2.05) is 35.1 Å². The van der Waals surface area contributed by atoms with Crippen molar-refractivity contribution in [3.63, 3.8) is 0 Å². The number of nitrogens with one attached hydrogen (secondary N) is 2. The molecule has 0 saturated heterocycles. The summed E-state index contributed by atoms with van der Waals surface area (Å²) in [5.74, 6) is -1.09. The summed E-state index contributed by atoms with van der Waals surface area (Å²) < 4.78 is 33.3. The highest BCUT2D eigenvalue weighted by molar-refractivity contribution is 7.87. The summed E-state index contributed by atoms with van der Waals surface area (Å²) in [6.45, 7) is 0. The van der Waals surface area contributed by atoms with Crippen molar-refractivity contribution in [2.75, 3.05) is 4.72 Å². The Labute approximate surface area is 138 Å². The van der Waals surface area contributed by atoms with E-state index >= 15 is 0 Å². The Balaban J connectivity index is 2.03. The number of carbonyl (C=O) groups excluding carboxylic acids is 2. The van der Waals surface area contributed by atoms with Crippen LogP contribution in [0.15, 0.2) is 42.5 Å². The van der Waals surface area contributed by atoms with Gasteiger partial charge in [0.1, 0.15) is 0 Å². The molecule has 0 spiro atoms. The highest BCUT2D eigenvalue weighted by atomic mass is 32.2. The maximum atomic E-state index is 12.1. The maximum Gasteiger partial charge on any atom is 0.357 e. The van der Waals surface area contributed by atoms with Crippen molar-refractivity contribution in [2.24, 2.45) is 0 Å². The lowest BCUT2D eigenvalue weighted by Crippen LogP contribution is -2.20. The topological polar surface area (TPSA) is 113 Å². The fraction of sp³-hybridized carbons (Fsp3) is 0.125. The van der Waals surface area contributed by atoms with Gasteiger partial charge in [0.2, 0.25) is 0 Å². The van der Waals surface area contributed by atoms with Crippen molar-refractivity contribution in [1.82, 2.24) is 5.32 Å². The van der Waals surface area contributed by atoms with Gasteiger partial charge in [-0.05, 0) is 36.1 Å². The van der Waals surface area contributed by atoms with E-state index in [4.69, 9.17) is 4.55 Å². The van der Waals surface area contributed by atoms with Gasteiger partial charge in [-0.1, -0.05) is 30.3 Å². The van der Waals surface area contributed by atoms with Gasteiger partial charge < -0.3 is 0 Å². The lowest BCUT2D eigenvalue weighted by atomic mass is 9.95. The van der Waals surface area contributed by atoms with Crippen molar-refractivity contribution in [1.29, 1.82) is 0 Å². The lowest BCUT2D eigenvalue weighted by Gasteiger charge is -2.13. The number of carbonyl (C=O) groups is 2. The van der Waals surface area contributed by atoms with Crippen molar-refractivity contribution in [2.45, 2.75) is 12.8 Å². The van der Waals surface area contributed by atoms with Gasteiger partial charge in [-0.15, -0.1) is 0 Å². The fourth-order valence-electron chi connectivity index (χ4n) is 2.74. The molecule has 0 radical (unpaired) electrons. The van der Waals surface area contributed by atoms with Crippen molar-refractivity contribution >= 4 is 27.8 Å². The predicted molar refractivity (Wildman–Crippen MR) is 87.3 cm³/mol. The first-order valence-corrected chi connectivity index (χ1v) is 8.60. The fourth-order valence-corrected chi connectivity index (χ4v) is 3.21. The van der Waals surface area contributed by atoms with Gasteiger partial charge >= 0.3 is 10.3 Å². The van der Waals surface area contributed by atoms with Gasteiger partial charge in [0, 0.05) is 0 Å². The minimum absolute atomic E-state index is 0.0806. The Morgan fingerprint density at radius 3 is 2.33 bits per heavy atom. The van der Waals surface area contributed by atoms with Crippen LogP contribution in [-0.4, -0.2) is 24.8 Å². The third kappa shape index (κ3) is 3.29. The molecule has 0 saturated carbocycles. The van der Waals surface area contributed by atoms with Gasteiger partial charge in [0.05, 0.1) is 16.8 Å². The Morgan fingerprint density at radius 2 is 1.67 bits per heavy atom. The smallest absolute Gasteiger partial charge is 0.288 e. The SMILES string of the molecule is O=C1NC(=O)c2c1ccc(NS(=O)(=O)O)c2CCc1ccccc1. The first kappa shape index (κ1) is 16.2. The van der Waals surface area contributed by atoms with Crippen LogP contribution in [0.5, 0.6) is 0 Å². The Kier molecular flexibility index (Phi) is 4.08. The molecule has 0 bridgehead atoms. The second kappa shape index (κ2) is 6.06. The Bertz CT molecular complexity index is 923. The van der Waals surface area contributed by atoms with Crippen LogP contribution in [0.4, 0.5) is 5.69 Å². The van der Waals surface area contributed by atoms with E-state index < -0.39 is 22.1 Å². The van der Waals surface area contributed by atoms with Crippen LogP contribution in [0.3, 0.4) is 0 Å². The zero-order valence-corrected chi connectivity index (χ0v) is 13.3. The summed E-state index contributed by atoms with van der Waals surface area (Å²) in [5.41, 5.74) is 1.79. The third-order valence-corrected chi connectivity index (χ3v) is 4.23. The number of hydrogen-bond donors (Lipinski definition) is 3. The van der Waals surface area contributed by atoms with Crippen LogP contribution < -0.4 is 10.0 Å². The molecule has 24 heavy (non-hydrogen) atoms. The molecule has 7 nitrogen and oxygen atoms in total. The van der Waals surface area contributed by atoms with Gasteiger partial charge in [-0.25, -0.2) is 0 Å². The standard InChI is InChI=1S/C16H14N2O5S/c19-15-12-8-9-13(18-24(21,22)23)11(14(12)16(20)17-15)7-6-10-4-2-1-3-5-10/h1-5,8-9,18H,6-7H2,(H,17,19,20)(H,21,22,23). The van der Waals surface area contributed by atoms with E-state index in [0.29, 0.717) is 18.4 Å². The van der Waals surface area contributed by atoms with Crippen LogP contribution in [-0.2, 0) is 23.1 Å². The van der Waals surface area contributed by atoms with E-state index in [1.54, 1.807) is 0 Å². The van der Waals surface area contributed by atoms with Crippen LogP contribution in [0.2, 0.25) is 0 Å². The largest absolute Gasteiger partial charge is 0.357 e. The van der Waals surface area contributed by atoms with Crippen LogP contribution >= 0.6 is 0 Å². The maximum absolute atomic E-state index is 12.1. The minimum atomic E-state index is -4.50. The van der Waals surface area contributed by atoms with E-state index in [0.717, 1.165) is 5.56 Å². The number of imide groups is 1. The molecule has 1 heterocycles. The van der Waals surface area contributed by atoms with E-state index in [1.165, 1.54) is 12.1 Å². The molecule has 0 unspecified atom stereocenters. The first-order valence-electron chi connectivity index (χ1n) is 7.16. The summed E-state index contributed by atoms with van der Waals surface area (Å²) in [4.78, 5) is 23.8. The molecule has 0 aliphatic carbocycles. The molecule has 8 heteroatoms. The van der Waals surface area contributed by atoms with Crippen LogP contribution in [0.1, 0.15) is 31.8 Å². The molecule has 3 rings (SSSR count). The molecule has 0 fully saturated rings. The number of benzene rings is 2. The molecule has 2 amide bonds.